The molecular weight excluding hydrogens is 354 g/mol. The monoisotopic (exact) mass is 389 g/mol. The van der Waals surface area contributed by atoms with Crippen LogP contribution in [0.5, 0.6) is 0 Å². The number of nitrogens with two attached hydrogens (primary N) is 1. The minimum absolute atomic E-state index is 0.0109. The topological polar surface area (TPSA) is 93.4 Å². The average Bonchev–Trinajstić information content (AvgIpc) is 2.62. The zero-order chi connectivity index (χ0) is 20.6. The molecule has 1 aromatic carbocycles. The third kappa shape index (κ3) is 7.89. The molecule has 1 amide bonds. The van der Waals surface area contributed by atoms with Crippen molar-refractivity contribution in [1.29, 1.82) is 0 Å². The number of carbonyl (C=O) groups excluding carboxylic acids is 2. The molecule has 0 spiro atoms. The van der Waals surface area contributed by atoms with Crippen molar-refractivity contribution in [1.82, 2.24) is 5.32 Å². The second-order valence-electron chi connectivity index (χ2n) is 8.55. The number of ether oxygens (including phenoxy) is 1. The summed E-state index contributed by atoms with van der Waals surface area (Å²) in [6.45, 7) is 6.23. The van der Waals surface area contributed by atoms with Gasteiger partial charge in [-0.2, -0.15) is 0 Å². The Hall–Kier alpha value is -2.08. The molecule has 0 saturated heterocycles. The lowest BCUT2D eigenvalue weighted by Gasteiger charge is -2.21. The lowest BCUT2D eigenvalue weighted by atomic mass is 10.0. The zero-order valence-electron chi connectivity index (χ0n) is 17.4. The Balaban J connectivity index is 2.03. The van der Waals surface area contributed by atoms with Crippen molar-refractivity contribution in [2.24, 2.45) is 5.73 Å². The number of fused-ring (bicyclic) bond motifs is 2. The minimum atomic E-state index is -0.489. The number of amides is 1. The van der Waals surface area contributed by atoms with Gasteiger partial charge in [0.2, 0.25) is 5.91 Å². The first kappa shape index (κ1) is 22.2. The highest BCUT2D eigenvalue weighted by atomic mass is 16.6. The van der Waals surface area contributed by atoms with Gasteiger partial charge in [-0.05, 0) is 64.2 Å². The van der Waals surface area contributed by atoms with E-state index < -0.39 is 11.6 Å². The van der Waals surface area contributed by atoms with Crippen LogP contribution >= 0.6 is 0 Å². The van der Waals surface area contributed by atoms with E-state index in [0.717, 1.165) is 36.9 Å². The number of benzene rings is 1. The molecule has 6 nitrogen and oxygen atoms in total. The van der Waals surface area contributed by atoms with Crippen molar-refractivity contribution in [3.8, 4) is 0 Å². The molecule has 0 saturated carbocycles. The molecule has 2 rings (SSSR count). The maximum atomic E-state index is 12.7. The second-order valence-corrected chi connectivity index (χ2v) is 8.55. The standard InChI is InChI=1S/C22H35N3O3/c1-22(2,3)28-20(26)13-8-12-19-21(27)24-14-6-4-5-11-18(23)16-9-7-10-17(15-16)25-19/h7,9-10,15,18-19,25H,4-6,8,11-14,23H2,1-3H3,(H,24,27)/t18-,19-/m0/s1. The molecule has 0 aromatic heterocycles. The maximum absolute atomic E-state index is 12.7. The van der Waals surface area contributed by atoms with Crippen molar-refractivity contribution < 1.29 is 14.3 Å². The van der Waals surface area contributed by atoms with Gasteiger partial charge in [0.15, 0.2) is 0 Å². The van der Waals surface area contributed by atoms with Gasteiger partial charge in [0, 0.05) is 24.7 Å². The van der Waals surface area contributed by atoms with E-state index in [9.17, 15) is 9.59 Å². The molecule has 0 unspecified atom stereocenters. The highest BCUT2D eigenvalue weighted by Gasteiger charge is 2.21. The van der Waals surface area contributed by atoms with Gasteiger partial charge in [-0.3, -0.25) is 9.59 Å². The number of anilines is 1. The van der Waals surface area contributed by atoms with E-state index in [1.165, 1.54) is 0 Å². The third-order valence-electron chi connectivity index (χ3n) is 4.76. The van der Waals surface area contributed by atoms with E-state index in [4.69, 9.17) is 10.5 Å². The number of hydrogen-bond donors (Lipinski definition) is 3. The van der Waals surface area contributed by atoms with Crippen molar-refractivity contribution in [2.75, 3.05) is 11.9 Å². The molecule has 1 aromatic rings. The molecule has 2 atom stereocenters. The van der Waals surface area contributed by atoms with Crippen LogP contribution in [-0.2, 0) is 14.3 Å². The van der Waals surface area contributed by atoms with E-state index in [2.05, 4.69) is 10.6 Å². The summed E-state index contributed by atoms with van der Waals surface area (Å²) >= 11 is 0. The maximum Gasteiger partial charge on any atom is 0.306 e. The molecule has 0 aliphatic carbocycles. The smallest absolute Gasteiger partial charge is 0.306 e. The van der Waals surface area contributed by atoms with Crippen LogP contribution in [0.1, 0.15) is 77.3 Å². The summed E-state index contributed by atoms with van der Waals surface area (Å²) in [5.74, 6) is -0.261. The van der Waals surface area contributed by atoms with Crippen LogP contribution in [0.3, 0.4) is 0 Å². The van der Waals surface area contributed by atoms with Gasteiger partial charge >= 0.3 is 5.97 Å². The first-order chi connectivity index (χ1) is 13.2. The lowest BCUT2D eigenvalue weighted by molar-refractivity contribution is -0.155. The average molecular weight is 390 g/mol. The molecule has 0 fully saturated rings. The molecule has 2 bridgehead atoms. The molecule has 156 valence electrons. The van der Waals surface area contributed by atoms with Crippen molar-refractivity contribution in [3.05, 3.63) is 29.8 Å². The Morgan fingerprint density at radius 3 is 2.79 bits per heavy atom. The van der Waals surface area contributed by atoms with Crippen molar-refractivity contribution in [2.45, 2.75) is 83.4 Å². The van der Waals surface area contributed by atoms with E-state index in [1.807, 2.05) is 45.0 Å². The molecule has 1 heterocycles. The van der Waals surface area contributed by atoms with E-state index in [0.29, 0.717) is 25.8 Å². The Labute approximate surface area is 168 Å². The minimum Gasteiger partial charge on any atom is -0.460 e. The number of esters is 1. The van der Waals surface area contributed by atoms with Crippen molar-refractivity contribution in [3.63, 3.8) is 0 Å². The molecule has 6 heteroatoms. The highest BCUT2D eigenvalue weighted by molar-refractivity contribution is 5.84. The molecule has 0 radical (unpaired) electrons. The van der Waals surface area contributed by atoms with Gasteiger partial charge < -0.3 is 21.1 Å². The fourth-order valence-electron chi connectivity index (χ4n) is 3.34. The van der Waals surface area contributed by atoms with Gasteiger partial charge in [0.25, 0.3) is 0 Å². The number of carbonyl (C=O) groups is 2. The summed E-state index contributed by atoms with van der Waals surface area (Å²) in [6.07, 6.45) is 5.42. The van der Waals surface area contributed by atoms with Crippen LogP contribution in [0.2, 0.25) is 0 Å². The van der Waals surface area contributed by atoms with E-state index >= 15 is 0 Å². The van der Waals surface area contributed by atoms with Crippen LogP contribution in [0.25, 0.3) is 0 Å². The third-order valence-corrected chi connectivity index (χ3v) is 4.76. The highest BCUT2D eigenvalue weighted by Crippen LogP contribution is 2.22. The summed E-state index contributed by atoms with van der Waals surface area (Å²) in [7, 11) is 0. The number of hydrogen-bond acceptors (Lipinski definition) is 5. The summed E-state index contributed by atoms with van der Waals surface area (Å²) < 4.78 is 5.35. The molecule has 1 aliphatic heterocycles. The Morgan fingerprint density at radius 2 is 2.04 bits per heavy atom. The van der Waals surface area contributed by atoms with E-state index in [-0.39, 0.29) is 17.9 Å². The predicted octanol–water partition coefficient (Wildman–Crippen LogP) is 3.67. The van der Waals surface area contributed by atoms with Gasteiger partial charge in [-0.25, -0.2) is 0 Å². The first-order valence-corrected chi connectivity index (χ1v) is 10.4. The van der Waals surface area contributed by atoms with Crippen LogP contribution < -0.4 is 16.4 Å². The van der Waals surface area contributed by atoms with E-state index in [1.54, 1.807) is 0 Å². The summed E-state index contributed by atoms with van der Waals surface area (Å²) in [6, 6.07) is 7.59. The van der Waals surface area contributed by atoms with Crippen LogP contribution in [0.4, 0.5) is 5.69 Å². The number of nitrogens with one attached hydrogen (secondary N) is 2. The molecular formula is C22H35N3O3. The van der Waals surface area contributed by atoms with Gasteiger partial charge in [-0.15, -0.1) is 0 Å². The normalized spacial score (nSPS) is 21.4. The number of rotatable bonds is 4. The lowest BCUT2D eigenvalue weighted by Crippen LogP contribution is -2.40. The van der Waals surface area contributed by atoms with Crippen molar-refractivity contribution >= 4 is 17.6 Å². The Kier molecular flexibility index (Phi) is 8.30. The van der Waals surface area contributed by atoms with Gasteiger partial charge in [-0.1, -0.05) is 25.0 Å². The van der Waals surface area contributed by atoms with Crippen LogP contribution in [0, 0.1) is 0 Å². The predicted molar refractivity (Wildman–Crippen MR) is 112 cm³/mol. The quantitative estimate of drug-likeness (QED) is 0.683. The summed E-state index contributed by atoms with van der Waals surface area (Å²) in [5, 5.41) is 6.35. The van der Waals surface area contributed by atoms with Crippen LogP contribution in [0.15, 0.2) is 24.3 Å². The van der Waals surface area contributed by atoms with Crippen LogP contribution in [-0.4, -0.2) is 30.1 Å². The second kappa shape index (κ2) is 10.5. The summed E-state index contributed by atoms with van der Waals surface area (Å²) in [5.41, 5.74) is 7.79. The summed E-state index contributed by atoms with van der Waals surface area (Å²) in [4.78, 5) is 24.6. The SMILES string of the molecule is CC(C)(C)OC(=O)CCC[C@@H]1Nc2cccc(c2)[C@@H](N)CCCCCNC1=O. The fourth-order valence-corrected chi connectivity index (χ4v) is 3.34. The Morgan fingerprint density at radius 1 is 1.25 bits per heavy atom. The first-order valence-electron chi connectivity index (χ1n) is 10.4. The van der Waals surface area contributed by atoms with Gasteiger partial charge in [0.05, 0.1) is 0 Å². The largest absolute Gasteiger partial charge is 0.460 e. The molecule has 4 N–H and O–H groups in total. The Bertz CT molecular complexity index is 655. The zero-order valence-corrected chi connectivity index (χ0v) is 17.4. The van der Waals surface area contributed by atoms with Gasteiger partial charge in [0.1, 0.15) is 11.6 Å². The molecule has 28 heavy (non-hydrogen) atoms. The molecule has 1 aliphatic rings. The fraction of sp³-hybridized carbons (Fsp3) is 0.636.